The van der Waals surface area contributed by atoms with Gasteiger partial charge in [0.05, 0.1) is 11.3 Å². The molecule has 1 aliphatic heterocycles. The molecule has 30 heavy (non-hydrogen) atoms. The Morgan fingerprint density at radius 1 is 1.17 bits per heavy atom. The lowest BCUT2D eigenvalue weighted by Crippen LogP contribution is -2.35. The molecular formula is C20H20F3N5OS. The summed E-state index contributed by atoms with van der Waals surface area (Å²) in [7, 11) is 2.09. The number of ether oxygens (including phenoxy) is 1. The molecular weight excluding hydrogens is 415 g/mol. The van der Waals surface area contributed by atoms with Gasteiger partial charge in [0, 0.05) is 38.0 Å². The first kappa shape index (κ1) is 20.7. The highest BCUT2D eigenvalue weighted by atomic mass is 32.1. The Morgan fingerprint density at radius 2 is 1.97 bits per heavy atom. The van der Waals surface area contributed by atoms with Gasteiger partial charge in [-0.2, -0.15) is 17.5 Å². The van der Waals surface area contributed by atoms with Crippen LogP contribution >= 0.6 is 11.5 Å². The third-order valence-electron chi connectivity index (χ3n) is 4.91. The van der Waals surface area contributed by atoms with Crippen molar-refractivity contribution in [3.8, 4) is 17.3 Å². The fourth-order valence-corrected chi connectivity index (χ4v) is 3.97. The summed E-state index contributed by atoms with van der Waals surface area (Å²) in [5.41, 5.74) is -0.298. The average Bonchev–Trinajstić information content (AvgIpc) is 3.18. The smallest absolute Gasteiger partial charge is 0.418 e. The predicted molar refractivity (Wildman–Crippen MR) is 106 cm³/mol. The molecule has 4 heterocycles. The van der Waals surface area contributed by atoms with E-state index in [1.165, 1.54) is 12.3 Å². The fourth-order valence-electron chi connectivity index (χ4n) is 3.31. The minimum absolute atomic E-state index is 0.0425. The second-order valence-electron chi connectivity index (χ2n) is 7.18. The van der Waals surface area contributed by atoms with Crippen LogP contribution in [-0.2, 0) is 12.6 Å². The Labute approximate surface area is 175 Å². The molecule has 0 radical (unpaired) electrons. The molecule has 0 N–H and O–H groups in total. The van der Waals surface area contributed by atoms with Gasteiger partial charge in [-0.25, -0.2) is 4.98 Å². The zero-order chi connectivity index (χ0) is 21.1. The highest BCUT2D eigenvalue weighted by molar-refractivity contribution is 7.05. The zero-order valence-electron chi connectivity index (χ0n) is 16.3. The molecule has 6 nitrogen and oxygen atoms in total. The number of hydrogen-bond donors (Lipinski definition) is 0. The summed E-state index contributed by atoms with van der Waals surface area (Å²) >= 11 is 1.05. The van der Waals surface area contributed by atoms with Crippen molar-refractivity contribution >= 4 is 11.5 Å². The van der Waals surface area contributed by atoms with Gasteiger partial charge in [0.2, 0.25) is 0 Å². The molecule has 1 saturated heterocycles. The standard InChI is InChI=1S/C20H20F3N5OS/c1-28-9-5-13(6-10-28)29-14-4-8-25-17(11-14)19-26-18(30-27-19)12-16-15(20(21,22)23)3-2-7-24-16/h2-4,7-8,11,13H,5-6,9-10,12H2,1H3. The summed E-state index contributed by atoms with van der Waals surface area (Å²) in [5, 5.41) is 0.442. The number of aromatic nitrogens is 4. The lowest BCUT2D eigenvalue weighted by atomic mass is 10.1. The average molecular weight is 435 g/mol. The Morgan fingerprint density at radius 3 is 2.73 bits per heavy atom. The van der Waals surface area contributed by atoms with Gasteiger partial charge in [-0.3, -0.25) is 9.97 Å². The van der Waals surface area contributed by atoms with Crippen LogP contribution in [0.3, 0.4) is 0 Å². The molecule has 0 bridgehead atoms. The summed E-state index contributed by atoms with van der Waals surface area (Å²) in [6.45, 7) is 1.99. The number of piperidine rings is 1. The molecule has 4 rings (SSSR count). The van der Waals surface area contributed by atoms with Crippen molar-refractivity contribution in [1.82, 2.24) is 24.2 Å². The van der Waals surface area contributed by atoms with Crippen molar-refractivity contribution in [2.45, 2.75) is 31.5 Å². The largest absolute Gasteiger partial charge is 0.490 e. The Hall–Kier alpha value is -2.59. The normalized spacial score (nSPS) is 16.0. The van der Waals surface area contributed by atoms with Gasteiger partial charge in [-0.05, 0) is 49.6 Å². The van der Waals surface area contributed by atoms with Crippen molar-refractivity contribution in [1.29, 1.82) is 0 Å². The Kier molecular flexibility index (Phi) is 5.96. The minimum atomic E-state index is -4.46. The fraction of sp³-hybridized carbons (Fsp3) is 0.400. The SMILES string of the molecule is CN1CCC(Oc2ccnc(-c3nsc(Cc4ncccc4C(F)(F)F)n3)c2)CC1. The van der Waals surface area contributed by atoms with Crippen LogP contribution in [0, 0.1) is 0 Å². The summed E-state index contributed by atoms with van der Waals surface area (Å²) < 4.78 is 49.9. The van der Waals surface area contributed by atoms with Crippen molar-refractivity contribution in [2.24, 2.45) is 0 Å². The van der Waals surface area contributed by atoms with E-state index in [1.807, 2.05) is 0 Å². The molecule has 1 fully saturated rings. The van der Waals surface area contributed by atoms with E-state index in [9.17, 15) is 13.2 Å². The highest BCUT2D eigenvalue weighted by Crippen LogP contribution is 2.32. The van der Waals surface area contributed by atoms with Crippen LogP contribution in [0.25, 0.3) is 11.5 Å². The number of alkyl halides is 3. The third-order valence-corrected chi connectivity index (χ3v) is 5.62. The predicted octanol–water partition coefficient (Wildman–Crippen LogP) is 4.08. The summed E-state index contributed by atoms with van der Waals surface area (Å²) in [6.07, 6.45) is 0.536. The highest BCUT2D eigenvalue weighted by Gasteiger charge is 2.34. The molecule has 0 unspecified atom stereocenters. The van der Waals surface area contributed by atoms with Crippen LogP contribution in [-0.4, -0.2) is 50.5 Å². The molecule has 3 aromatic rings. The first-order valence-corrected chi connectivity index (χ1v) is 10.3. The second-order valence-corrected chi connectivity index (χ2v) is 8.02. The van der Waals surface area contributed by atoms with Crippen LogP contribution in [0.5, 0.6) is 5.75 Å². The lowest BCUT2D eigenvalue weighted by molar-refractivity contribution is -0.138. The molecule has 0 aromatic carbocycles. The maximum atomic E-state index is 13.2. The van der Waals surface area contributed by atoms with Crippen LogP contribution in [0.1, 0.15) is 29.1 Å². The summed E-state index contributed by atoms with van der Waals surface area (Å²) in [5.74, 6) is 1.06. The second kappa shape index (κ2) is 8.65. The van der Waals surface area contributed by atoms with Crippen molar-refractivity contribution in [2.75, 3.05) is 20.1 Å². The molecule has 0 aliphatic carbocycles. The van der Waals surface area contributed by atoms with Crippen LogP contribution in [0.4, 0.5) is 13.2 Å². The van der Waals surface area contributed by atoms with Gasteiger partial charge in [0.25, 0.3) is 0 Å². The number of likely N-dealkylation sites (tertiary alicyclic amines) is 1. The van der Waals surface area contributed by atoms with Gasteiger partial charge >= 0.3 is 6.18 Å². The number of pyridine rings is 2. The molecule has 0 amide bonds. The monoisotopic (exact) mass is 435 g/mol. The van der Waals surface area contributed by atoms with Crippen molar-refractivity contribution in [3.05, 3.63) is 52.9 Å². The maximum absolute atomic E-state index is 13.2. The van der Waals surface area contributed by atoms with Gasteiger partial charge in [0.15, 0.2) is 5.82 Å². The van der Waals surface area contributed by atoms with Crippen LogP contribution < -0.4 is 4.74 Å². The summed E-state index contributed by atoms with van der Waals surface area (Å²) in [6, 6.07) is 5.86. The first-order valence-electron chi connectivity index (χ1n) is 9.54. The van der Waals surface area contributed by atoms with E-state index in [-0.39, 0.29) is 18.2 Å². The van der Waals surface area contributed by atoms with Crippen molar-refractivity contribution in [3.63, 3.8) is 0 Å². The topological polar surface area (TPSA) is 64.0 Å². The van der Waals surface area contributed by atoms with E-state index in [2.05, 4.69) is 31.3 Å². The molecule has 0 atom stereocenters. The number of rotatable bonds is 5. The summed E-state index contributed by atoms with van der Waals surface area (Å²) in [4.78, 5) is 14.8. The van der Waals surface area contributed by atoms with Gasteiger partial charge in [-0.15, -0.1) is 0 Å². The number of hydrogen-bond acceptors (Lipinski definition) is 7. The third kappa shape index (κ3) is 4.93. The zero-order valence-corrected chi connectivity index (χ0v) is 17.1. The van der Waals surface area contributed by atoms with E-state index >= 15 is 0 Å². The van der Waals surface area contributed by atoms with Gasteiger partial charge < -0.3 is 9.64 Å². The minimum Gasteiger partial charge on any atom is -0.490 e. The van der Waals surface area contributed by atoms with E-state index in [0.717, 1.165) is 43.5 Å². The van der Waals surface area contributed by atoms with Gasteiger partial charge in [-0.1, -0.05) is 0 Å². The number of nitrogens with zero attached hydrogens (tertiary/aromatic N) is 5. The van der Waals surface area contributed by atoms with E-state index in [1.54, 1.807) is 18.3 Å². The quantitative estimate of drug-likeness (QED) is 0.602. The van der Waals surface area contributed by atoms with Crippen LogP contribution in [0.2, 0.25) is 0 Å². The molecule has 0 saturated carbocycles. The molecule has 158 valence electrons. The maximum Gasteiger partial charge on any atom is 0.418 e. The van der Waals surface area contributed by atoms with Crippen LogP contribution in [0.15, 0.2) is 36.7 Å². The number of halogens is 3. The molecule has 10 heteroatoms. The Balaban J connectivity index is 1.48. The first-order chi connectivity index (χ1) is 14.4. The molecule has 1 aliphatic rings. The Bertz CT molecular complexity index is 1000. The van der Waals surface area contributed by atoms with E-state index in [0.29, 0.717) is 22.3 Å². The lowest BCUT2D eigenvalue weighted by Gasteiger charge is -2.29. The van der Waals surface area contributed by atoms with Crippen molar-refractivity contribution < 1.29 is 17.9 Å². The van der Waals surface area contributed by atoms with E-state index < -0.39 is 11.7 Å². The van der Waals surface area contributed by atoms with Gasteiger partial charge in [0.1, 0.15) is 22.6 Å². The molecule has 3 aromatic heterocycles. The molecule has 0 spiro atoms. The van der Waals surface area contributed by atoms with E-state index in [4.69, 9.17) is 4.74 Å².